The van der Waals surface area contributed by atoms with E-state index in [4.69, 9.17) is 0 Å². The number of halogens is 1. The monoisotopic (exact) mass is 308 g/mol. The van der Waals surface area contributed by atoms with Crippen molar-refractivity contribution in [2.45, 2.75) is 45.6 Å². The Labute approximate surface area is 128 Å². The van der Waals surface area contributed by atoms with Crippen LogP contribution in [0.15, 0.2) is 0 Å². The van der Waals surface area contributed by atoms with E-state index in [1.54, 1.807) is 0 Å². The van der Waals surface area contributed by atoms with Gasteiger partial charge in [-0.25, -0.2) is 0 Å². The van der Waals surface area contributed by atoms with Gasteiger partial charge in [-0.2, -0.15) is 11.8 Å². The van der Waals surface area contributed by atoms with Crippen molar-refractivity contribution in [3.63, 3.8) is 0 Å². The lowest BCUT2D eigenvalue weighted by Crippen LogP contribution is -2.35. The number of nitrogens with one attached hydrogen (secondary N) is 1. The van der Waals surface area contributed by atoms with Gasteiger partial charge in [-0.05, 0) is 56.7 Å². The first-order chi connectivity index (χ1) is 8.65. The molecule has 0 aromatic carbocycles. The molecule has 0 aromatic rings. The van der Waals surface area contributed by atoms with Gasteiger partial charge in [0.2, 0.25) is 5.91 Å². The molecule has 2 atom stereocenters. The second-order valence-corrected chi connectivity index (χ2v) is 6.63. The van der Waals surface area contributed by atoms with Gasteiger partial charge in [-0.1, -0.05) is 6.92 Å². The van der Waals surface area contributed by atoms with Crippen LogP contribution in [0.2, 0.25) is 0 Å². The average Bonchev–Trinajstić information content (AvgIpc) is 2.88. The van der Waals surface area contributed by atoms with Gasteiger partial charge in [0.1, 0.15) is 0 Å². The number of amides is 1. The van der Waals surface area contributed by atoms with Crippen LogP contribution in [0.1, 0.15) is 39.5 Å². The third kappa shape index (κ3) is 7.42. The van der Waals surface area contributed by atoms with Crippen LogP contribution < -0.4 is 5.32 Å². The maximum Gasteiger partial charge on any atom is 0.222 e. The fourth-order valence-electron chi connectivity index (χ4n) is 2.30. The van der Waals surface area contributed by atoms with Crippen LogP contribution in [0.5, 0.6) is 0 Å². The van der Waals surface area contributed by atoms with Crippen molar-refractivity contribution >= 4 is 30.1 Å². The first-order valence-corrected chi connectivity index (χ1v) is 8.34. The Balaban J connectivity index is 0.00000324. The summed E-state index contributed by atoms with van der Waals surface area (Å²) >= 11 is 1.95. The van der Waals surface area contributed by atoms with E-state index >= 15 is 0 Å². The van der Waals surface area contributed by atoms with E-state index in [9.17, 15) is 4.79 Å². The molecule has 0 bridgehead atoms. The summed E-state index contributed by atoms with van der Waals surface area (Å²) in [5, 5.41) is 3.35. The molecular weight excluding hydrogens is 280 g/mol. The van der Waals surface area contributed by atoms with Gasteiger partial charge in [0.25, 0.3) is 0 Å². The predicted octanol–water partition coefficient (Wildman–Crippen LogP) is 2.79. The van der Waals surface area contributed by atoms with Crippen LogP contribution in [0.3, 0.4) is 0 Å². The van der Waals surface area contributed by atoms with E-state index in [0.717, 1.165) is 31.7 Å². The summed E-state index contributed by atoms with van der Waals surface area (Å²) in [4.78, 5) is 14.0. The first kappa shape index (κ1) is 19.1. The van der Waals surface area contributed by atoms with Crippen molar-refractivity contribution < 1.29 is 4.79 Å². The Kier molecular flexibility index (Phi) is 10.8. The van der Waals surface area contributed by atoms with Crippen molar-refractivity contribution in [1.29, 1.82) is 0 Å². The van der Waals surface area contributed by atoms with Crippen LogP contribution in [0.4, 0.5) is 0 Å². The van der Waals surface area contributed by atoms with E-state index in [1.165, 1.54) is 12.2 Å². The van der Waals surface area contributed by atoms with Crippen LogP contribution in [-0.4, -0.2) is 48.5 Å². The number of nitrogens with zero attached hydrogens (tertiary/aromatic N) is 1. The lowest BCUT2D eigenvalue weighted by Gasteiger charge is -2.25. The molecule has 2 unspecified atom stereocenters. The molecule has 1 N–H and O–H groups in total. The molecule has 1 fully saturated rings. The van der Waals surface area contributed by atoms with Crippen LogP contribution in [-0.2, 0) is 4.79 Å². The molecule has 0 radical (unpaired) electrons. The van der Waals surface area contributed by atoms with Gasteiger partial charge in [-0.3, -0.25) is 4.79 Å². The van der Waals surface area contributed by atoms with Gasteiger partial charge in [0, 0.05) is 19.5 Å². The van der Waals surface area contributed by atoms with Crippen LogP contribution in [0, 0.1) is 5.92 Å². The molecule has 1 aliphatic rings. The van der Waals surface area contributed by atoms with Crippen molar-refractivity contribution in [3.8, 4) is 0 Å². The zero-order chi connectivity index (χ0) is 13.4. The lowest BCUT2D eigenvalue weighted by molar-refractivity contribution is -0.132. The van der Waals surface area contributed by atoms with E-state index in [2.05, 4.69) is 19.2 Å². The Morgan fingerprint density at radius 1 is 1.53 bits per heavy atom. The largest absolute Gasteiger partial charge is 0.343 e. The second kappa shape index (κ2) is 10.8. The Hall–Kier alpha value is 0.0700. The zero-order valence-corrected chi connectivity index (χ0v) is 14.1. The van der Waals surface area contributed by atoms with Crippen molar-refractivity contribution in [3.05, 3.63) is 0 Å². The fraction of sp³-hybridized carbons (Fsp3) is 0.929. The van der Waals surface area contributed by atoms with Gasteiger partial charge >= 0.3 is 0 Å². The predicted molar refractivity (Wildman–Crippen MR) is 87.3 cm³/mol. The Morgan fingerprint density at radius 3 is 2.84 bits per heavy atom. The third-order valence-corrected chi connectivity index (χ3v) is 4.80. The normalized spacial score (nSPS) is 19.8. The topological polar surface area (TPSA) is 32.3 Å². The molecule has 0 aromatic heterocycles. The van der Waals surface area contributed by atoms with Gasteiger partial charge in [0.15, 0.2) is 0 Å². The Bertz CT molecular complexity index is 248. The summed E-state index contributed by atoms with van der Waals surface area (Å²) < 4.78 is 0. The van der Waals surface area contributed by atoms with Crippen molar-refractivity contribution in [2.24, 2.45) is 5.92 Å². The number of hydrogen-bond donors (Lipinski definition) is 1. The number of hydrogen-bond acceptors (Lipinski definition) is 3. The molecule has 0 spiro atoms. The highest BCUT2D eigenvalue weighted by Crippen LogP contribution is 2.16. The van der Waals surface area contributed by atoms with E-state index in [0.29, 0.717) is 24.3 Å². The highest BCUT2D eigenvalue weighted by Gasteiger charge is 2.19. The summed E-state index contributed by atoms with van der Waals surface area (Å²) in [5.74, 6) is 3.35. The third-order valence-electron chi connectivity index (χ3n) is 3.87. The summed E-state index contributed by atoms with van der Waals surface area (Å²) in [6.45, 7) is 6.56. The molecule has 1 rings (SSSR count). The highest BCUT2D eigenvalue weighted by atomic mass is 35.5. The molecule has 3 nitrogen and oxygen atoms in total. The smallest absolute Gasteiger partial charge is 0.222 e. The van der Waals surface area contributed by atoms with E-state index in [1.807, 2.05) is 23.7 Å². The molecule has 0 saturated carbocycles. The van der Waals surface area contributed by atoms with E-state index in [-0.39, 0.29) is 12.4 Å². The van der Waals surface area contributed by atoms with E-state index < -0.39 is 0 Å². The molecular formula is C14H29ClN2OS. The molecule has 1 heterocycles. The molecule has 114 valence electrons. The van der Waals surface area contributed by atoms with Gasteiger partial charge in [0.05, 0.1) is 0 Å². The minimum Gasteiger partial charge on any atom is -0.343 e. The minimum absolute atomic E-state index is 0. The molecule has 1 aliphatic heterocycles. The zero-order valence-electron chi connectivity index (χ0n) is 12.5. The summed E-state index contributed by atoms with van der Waals surface area (Å²) in [7, 11) is 1.95. The summed E-state index contributed by atoms with van der Waals surface area (Å²) in [6.07, 6.45) is 4.10. The van der Waals surface area contributed by atoms with Crippen molar-refractivity contribution in [2.75, 3.05) is 31.6 Å². The quantitative estimate of drug-likeness (QED) is 0.700. The summed E-state index contributed by atoms with van der Waals surface area (Å²) in [5.41, 5.74) is 0. The molecule has 1 saturated heterocycles. The number of carbonyl (C=O) groups excluding carboxylic acids is 1. The maximum absolute atomic E-state index is 12.1. The molecule has 5 heteroatoms. The summed E-state index contributed by atoms with van der Waals surface area (Å²) in [6, 6.07) is 0.373. The second-order valence-electron chi connectivity index (χ2n) is 5.24. The minimum atomic E-state index is 0. The standard InChI is InChI=1S/C14H28N2OS.ClH/c1-4-18-10-8-12(2)16(3)14(17)6-5-13-7-9-15-11-13;/h12-13,15H,4-11H2,1-3H3;1H. The molecule has 0 aliphatic carbocycles. The fourth-order valence-corrected chi connectivity index (χ4v) is 3.10. The number of carbonyl (C=O) groups is 1. The van der Waals surface area contributed by atoms with Crippen LogP contribution >= 0.6 is 24.2 Å². The van der Waals surface area contributed by atoms with Gasteiger partial charge in [-0.15, -0.1) is 12.4 Å². The first-order valence-electron chi connectivity index (χ1n) is 7.19. The lowest BCUT2D eigenvalue weighted by atomic mass is 10.0. The number of thioether (sulfide) groups is 1. The number of rotatable bonds is 8. The average molecular weight is 309 g/mol. The Morgan fingerprint density at radius 2 is 2.26 bits per heavy atom. The van der Waals surface area contributed by atoms with Gasteiger partial charge < -0.3 is 10.2 Å². The van der Waals surface area contributed by atoms with Crippen LogP contribution in [0.25, 0.3) is 0 Å². The molecule has 1 amide bonds. The highest BCUT2D eigenvalue weighted by molar-refractivity contribution is 7.99. The van der Waals surface area contributed by atoms with Crippen molar-refractivity contribution in [1.82, 2.24) is 10.2 Å². The SMILES string of the molecule is CCSCCC(C)N(C)C(=O)CCC1CCNC1.Cl. The maximum atomic E-state index is 12.1. The molecule has 19 heavy (non-hydrogen) atoms.